The van der Waals surface area contributed by atoms with Gasteiger partial charge in [-0.2, -0.15) is 0 Å². The van der Waals surface area contributed by atoms with Gasteiger partial charge in [0.25, 0.3) is 0 Å². The van der Waals surface area contributed by atoms with Gasteiger partial charge < -0.3 is 10.4 Å². The van der Waals surface area contributed by atoms with Crippen LogP contribution in [-0.2, 0) is 0 Å². The van der Waals surface area contributed by atoms with Crippen LogP contribution in [0.25, 0.3) is 0 Å². The van der Waals surface area contributed by atoms with Crippen LogP contribution in [0.15, 0.2) is 18.2 Å². The van der Waals surface area contributed by atoms with Gasteiger partial charge in [-0.05, 0) is 17.7 Å². The molecule has 0 unspecified atom stereocenters. The summed E-state index contributed by atoms with van der Waals surface area (Å²) >= 11 is 11.7. The van der Waals surface area contributed by atoms with E-state index in [1.54, 1.807) is 12.1 Å². The third kappa shape index (κ3) is 1.89. The third-order valence-corrected chi connectivity index (χ3v) is 3.28. The molecule has 2 nitrogen and oxygen atoms in total. The summed E-state index contributed by atoms with van der Waals surface area (Å²) in [5.41, 5.74) is 0.839. The summed E-state index contributed by atoms with van der Waals surface area (Å²) in [5, 5.41) is 14.1. The zero-order valence-electron chi connectivity index (χ0n) is 7.50. The highest BCUT2D eigenvalue weighted by Gasteiger charge is 2.26. The molecule has 0 saturated carbocycles. The van der Waals surface area contributed by atoms with Gasteiger partial charge in [-0.1, -0.05) is 29.3 Å². The van der Waals surface area contributed by atoms with Crippen LogP contribution in [-0.4, -0.2) is 18.2 Å². The molecule has 14 heavy (non-hydrogen) atoms. The Bertz CT molecular complexity index is 339. The Kier molecular flexibility index (Phi) is 2.98. The molecule has 1 heterocycles. The SMILES string of the molecule is O[C@@H](c1ccc(Cl)c(Cl)c1)C1CNC1. The molecular formula is C10H11Cl2NO. The molecule has 0 aromatic heterocycles. The molecule has 2 rings (SSSR count). The smallest absolute Gasteiger partial charge is 0.0843 e. The topological polar surface area (TPSA) is 32.3 Å². The summed E-state index contributed by atoms with van der Waals surface area (Å²) in [6.07, 6.45) is -0.439. The van der Waals surface area contributed by atoms with Crippen LogP contribution in [0.3, 0.4) is 0 Å². The molecule has 0 amide bonds. The lowest BCUT2D eigenvalue weighted by Gasteiger charge is -2.31. The average molecular weight is 232 g/mol. The maximum atomic E-state index is 9.91. The van der Waals surface area contributed by atoms with Gasteiger partial charge in [-0.25, -0.2) is 0 Å². The Morgan fingerprint density at radius 2 is 2.00 bits per heavy atom. The van der Waals surface area contributed by atoms with E-state index in [2.05, 4.69) is 5.32 Å². The van der Waals surface area contributed by atoms with Gasteiger partial charge in [0.2, 0.25) is 0 Å². The summed E-state index contributed by atoms with van der Waals surface area (Å²) in [7, 11) is 0. The maximum Gasteiger partial charge on any atom is 0.0843 e. The van der Waals surface area contributed by atoms with Gasteiger partial charge in [-0.15, -0.1) is 0 Å². The summed E-state index contributed by atoms with van der Waals surface area (Å²) < 4.78 is 0. The Morgan fingerprint density at radius 1 is 1.29 bits per heavy atom. The summed E-state index contributed by atoms with van der Waals surface area (Å²) in [5.74, 6) is 0.298. The van der Waals surface area contributed by atoms with Gasteiger partial charge >= 0.3 is 0 Å². The largest absolute Gasteiger partial charge is 0.388 e. The Labute approximate surface area is 92.8 Å². The number of benzene rings is 1. The minimum atomic E-state index is -0.439. The number of halogens is 2. The van der Waals surface area contributed by atoms with E-state index >= 15 is 0 Å². The second-order valence-corrected chi connectivity index (χ2v) is 4.35. The molecule has 2 N–H and O–H groups in total. The standard InChI is InChI=1S/C10H11Cl2NO/c11-8-2-1-6(3-9(8)12)10(14)7-4-13-5-7/h1-3,7,10,13-14H,4-5H2/t10-/m0/s1. The van der Waals surface area contributed by atoms with Gasteiger partial charge in [0.1, 0.15) is 0 Å². The highest BCUT2D eigenvalue weighted by molar-refractivity contribution is 6.42. The van der Waals surface area contributed by atoms with Crippen LogP contribution in [0.4, 0.5) is 0 Å². The minimum Gasteiger partial charge on any atom is -0.388 e. The zero-order chi connectivity index (χ0) is 10.1. The lowest BCUT2D eigenvalue weighted by molar-refractivity contribution is 0.0767. The monoisotopic (exact) mass is 231 g/mol. The molecule has 1 aromatic rings. The van der Waals surface area contributed by atoms with Crippen molar-refractivity contribution in [1.29, 1.82) is 0 Å². The molecule has 0 bridgehead atoms. The Balaban J connectivity index is 2.18. The van der Waals surface area contributed by atoms with Crippen molar-refractivity contribution in [3.63, 3.8) is 0 Å². The van der Waals surface area contributed by atoms with E-state index in [-0.39, 0.29) is 0 Å². The number of nitrogens with one attached hydrogen (secondary N) is 1. The highest BCUT2D eigenvalue weighted by Crippen LogP contribution is 2.30. The minimum absolute atomic E-state index is 0.298. The molecule has 0 radical (unpaired) electrons. The number of rotatable bonds is 2. The van der Waals surface area contributed by atoms with Crippen LogP contribution in [0.1, 0.15) is 11.7 Å². The Morgan fingerprint density at radius 3 is 2.50 bits per heavy atom. The first-order chi connectivity index (χ1) is 6.68. The predicted octanol–water partition coefficient (Wildman–Crippen LogP) is 2.25. The zero-order valence-corrected chi connectivity index (χ0v) is 9.02. The van der Waals surface area contributed by atoms with Crippen molar-refractivity contribution in [3.05, 3.63) is 33.8 Å². The fraction of sp³-hybridized carbons (Fsp3) is 0.400. The lowest BCUT2D eigenvalue weighted by atomic mass is 9.91. The van der Waals surface area contributed by atoms with Crippen LogP contribution >= 0.6 is 23.2 Å². The quantitative estimate of drug-likeness (QED) is 0.819. The van der Waals surface area contributed by atoms with E-state index in [1.165, 1.54) is 0 Å². The summed E-state index contributed by atoms with van der Waals surface area (Å²) in [6.45, 7) is 1.73. The molecule has 4 heteroatoms. The second-order valence-electron chi connectivity index (χ2n) is 3.54. The molecular weight excluding hydrogens is 221 g/mol. The molecule has 1 aliphatic rings. The first kappa shape index (κ1) is 10.2. The average Bonchev–Trinajstić information content (AvgIpc) is 2.06. The number of aliphatic hydroxyl groups excluding tert-OH is 1. The number of hydrogen-bond acceptors (Lipinski definition) is 2. The van der Waals surface area contributed by atoms with Crippen molar-refractivity contribution in [1.82, 2.24) is 5.32 Å². The fourth-order valence-electron chi connectivity index (χ4n) is 1.50. The molecule has 1 aromatic carbocycles. The van der Waals surface area contributed by atoms with Crippen LogP contribution in [0.5, 0.6) is 0 Å². The van der Waals surface area contributed by atoms with Crippen LogP contribution in [0, 0.1) is 5.92 Å². The van der Waals surface area contributed by atoms with E-state index in [0.29, 0.717) is 16.0 Å². The molecule has 76 valence electrons. The first-order valence-corrected chi connectivity index (χ1v) is 5.28. The van der Waals surface area contributed by atoms with E-state index < -0.39 is 6.10 Å². The third-order valence-electron chi connectivity index (χ3n) is 2.54. The molecule has 1 fully saturated rings. The Hall–Kier alpha value is -0.280. The van der Waals surface area contributed by atoms with Gasteiger partial charge in [0.05, 0.1) is 16.1 Å². The van der Waals surface area contributed by atoms with Crippen molar-refractivity contribution in [2.24, 2.45) is 5.92 Å². The normalized spacial score (nSPS) is 19.1. The molecule has 1 saturated heterocycles. The van der Waals surface area contributed by atoms with Gasteiger partial charge in [0, 0.05) is 19.0 Å². The van der Waals surface area contributed by atoms with E-state index in [9.17, 15) is 5.11 Å². The van der Waals surface area contributed by atoms with Gasteiger partial charge in [-0.3, -0.25) is 0 Å². The van der Waals surface area contributed by atoms with Crippen molar-refractivity contribution >= 4 is 23.2 Å². The van der Waals surface area contributed by atoms with Crippen molar-refractivity contribution in [2.45, 2.75) is 6.10 Å². The van der Waals surface area contributed by atoms with Crippen molar-refractivity contribution < 1.29 is 5.11 Å². The molecule has 0 aliphatic carbocycles. The van der Waals surface area contributed by atoms with Gasteiger partial charge in [0.15, 0.2) is 0 Å². The number of hydrogen-bond donors (Lipinski definition) is 2. The first-order valence-electron chi connectivity index (χ1n) is 4.52. The van der Waals surface area contributed by atoms with Crippen molar-refractivity contribution in [2.75, 3.05) is 13.1 Å². The van der Waals surface area contributed by atoms with Crippen molar-refractivity contribution in [3.8, 4) is 0 Å². The maximum absolute atomic E-state index is 9.91. The number of aliphatic hydroxyl groups is 1. The van der Waals surface area contributed by atoms with E-state index in [0.717, 1.165) is 18.7 Å². The molecule has 1 atom stereocenters. The highest BCUT2D eigenvalue weighted by atomic mass is 35.5. The summed E-state index contributed by atoms with van der Waals surface area (Å²) in [4.78, 5) is 0. The van der Waals surface area contributed by atoms with Crippen LogP contribution in [0.2, 0.25) is 10.0 Å². The molecule has 0 spiro atoms. The summed E-state index contributed by atoms with van der Waals surface area (Å²) in [6, 6.07) is 5.26. The van der Waals surface area contributed by atoms with E-state index in [1.807, 2.05) is 6.07 Å². The second kappa shape index (κ2) is 4.07. The molecule has 1 aliphatic heterocycles. The predicted molar refractivity (Wildman–Crippen MR) is 57.8 cm³/mol. The fourth-order valence-corrected chi connectivity index (χ4v) is 1.81. The van der Waals surface area contributed by atoms with E-state index in [4.69, 9.17) is 23.2 Å². The lowest BCUT2D eigenvalue weighted by Crippen LogP contribution is -2.45. The van der Waals surface area contributed by atoms with Crippen LogP contribution < -0.4 is 5.32 Å².